The molecular weight excluding hydrogens is 378 g/mol. The van der Waals surface area contributed by atoms with E-state index in [9.17, 15) is 4.79 Å². The van der Waals surface area contributed by atoms with E-state index in [4.69, 9.17) is 4.52 Å². The van der Waals surface area contributed by atoms with Gasteiger partial charge < -0.3 is 14.3 Å². The minimum atomic E-state index is 0.0947. The van der Waals surface area contributed by atoms with Gasteiger partial charge in [-0.1, -0.05) is 30.3 Å². The van der Waals surface area contributed by atoms with Gasteiger partial charge in [-0.05, 0) is 43.5 Å². The molecule has 3 heterocycles. The first-order valence-electron chi connectivity index (χ1n) is 10.5. The van der Waals surface area contributed by atoms with Crippen molar-refractivity contribution in [2.45, 2.75) is 33.1 Å². The Labute approximate surface area is 176 Å². The highest BCUT2D eigenvalue weighted by Crippen LogP contribution is 2.28. The molecule has 7 nitrogen and oxygen atoms in total. The number of amides is 1. The molecule has 1 aliphatic heterocycles. The Morgan fingerprint density at radius 1 is 1.10 bits per heavy atom. The van der Waals surface area contributed by atoms with E-state index in [1.165, 1.54) is 0 Å². The maximum atomic E-state index is 13.0. The number of benzene rings is 1. The summed E-state index contributed by atoms with van der Waals surface area (Å²) in [4.78, 5) is 26.3. The number of rotatable bonds is 5. The summed E-state index contributed by atoms with van der Waals surface area (Å²) in [5.74, 6) is 2.14. The lowest BCUT2D eigenvalue weighted by atomic mass is 10.1. The van der Waals surface area contributed by atoms with Crippen LogP contribution < -0.4 is 4.90 Å². The molecule has 0 saturated carbocycles. The Kier molecular flexibility index (Phi) is 6.07. The molecule has 1 fully saturated rings. The van der Waals surface area contributed by atoms with Gasteiger partial charge in [-0.25, -0.2) is 4.98 Å². The van der Waals surface area contributed by atoms with Gasteiger partial charge in [-0.15, -0.1) is 0 Å². The lowest BCUT2D eigenvalue weighted by molar-refractivity contribution is 0.0766. The Hall–Kier alpha value is -3.22. The normalized spacial score (nSPS) is 14.6. The molecular formula is C23H27N5O2. The first-order valence-corrected chi connectivity index (χ1v) is 10.5. The monoisotopic (exact) mass is 405 g/mol. The highest BCUT2D eigenvalue weighted by Gasteiger charge is 2.24. The largest absolute Gasteiger partial charge is 0.354 e. The Morgan fingerprint density at radius 3 is 2.80 bits per heavy atom. The molecule has 1 aliphatic rings. The Bertz CT molecular complexity index is 1020. The van der Waals surface area contributed by atoms with Gasteiger partial charge in [0, 0.05) is 44.4 Å². The van der Waals surface area contributed by atoms with Crippen LogP contribution in [0.1, 0.15) is 41.5 Å². The summed E-state index contributed by atoms with van der Waals surface area (Å²) >= 11 is 0. The fourth-order valence-electron chi connectivity index (χ4n) is 3.82. The number of carbonyl (C=O) groups is 1. The number of pyridine rings is 1. The molecule has 2 aromatic heterocycles. The van der Waals surface area contributed by atoms with Crippen molar-refractivity contribution in [3.63, 3.8) is 0 Å². The number of aromatic nitrogens is 3. The van der Waals surface area contributed by atoms with Crippen molar-refractivity contribution in [3.8, 4) is 11.5 Å². The summed E-state index contributed by atoms with van der Waals surface area (Å²) in [6.07, 6.45) is 4.41. The third-order valence-corrected chi connectivity index (χ3v) is 5.42. The van der Waals surface area contributed by atoms with Gasteiger partial charge in [0.05, 0.1) is 5.56 Å². The third-order valence-electron chi connectivity index (χ3n) is 5.42. The number of nitrogens with zero attached hydrogens (tertiary/aromatic N) is 5. The van der Waals surface area contributed by atoms with Crippen LogP contribution in [0.25, 0.3) is 11.5 Å². The van der Waals surface area contributed by atoms with Crippen molar-refractivity contribution in [3.05, 3.63) is 59.5 Å². The number of anilines is 1. The summed E-state index contributed by atoms with van der Waals surface area (Å²) in [7, 11) is 0. The van der Waals surface area contributed by atoms with E-state index >= 15 is 0 Å². The predicted molar refractivity (Wildman–Crippen MR) is 115 cm³/mol. The first-order chi connectivity index (χ1) is 14.7. The fourth-order valence-corrected chi connectivity index (χ4v) is 3.82. The summed E-state index contributed by atoms with van der Waals surface area (Å²) in [5.41, 5.74) is 2.62. The average Bonchev–Trinajstić information content (AvgIpc) is 3.09. The Morgan fingerprint density at radius 2 is 1.97 bits per heavy atom. The van der Waals surface area contributed by atoms with Gasteiger partial charge in [-0.2, -0.15) is 4.98 Å². The minimum Gasteiger partial charge on any atom is -0.354 e. The fraction of sp³-hybridized carbons (Fsp3) is 0.391. The Balaban J connectivity index is 1.52. The quantitative estimate of drug-likeness (QED) is 0.644. The number of aryl methyl sites for hydroxylation is 2. The molecule has 0 spiro atoms. The molecule has 30 heavy (non-hydrogen) atoms. The van der Waals surface area contributed by atoms with E-state index in [1.807, 2.05) is 48.2 Å². The lowest BCUT2D eigenvalue weighted by Gasteiger charge is -2.24. The molecule has 156 valence electrons. The SMILES string of the molecule is CCCc1noc(-c2cccnc2N2CCCN(C(=O)c3ccccc3C)CC2)n1. The molecule has 0 radical (unpaired) electrons. The molecule has 0 bridgehead atoms. The predicted octanol–water partition coefficient (Wildman–Crippen LogP) is 3.75. The zero-order valence-corrected chi connectivity index (χ0v) is 17.5. The van der Waals surface area contributed by atoms with Crippen molar-refractivity contribution in [1.82, 2.24) is 20.0 Å². The molecule has 0 atom stereocenters. The van der Waals surface area contributed by atoms with Gasteiger partial charge in [0.15, 0.2) is 5.82 Å². The van der Waals surface area contributed by atoms with Crippen LogP contribution in [0.3, 0.4) is 0 Å². The molecule has 7 heteroatoms. The molecule has 1 amide bonds. The summed E-state index contributed by atoms with van der Waals surface area (Å²) in [6, 6.07) is 11.6. The van der Waals surface area contributed by atoms with E-state index in [-0.39, 0.29) is 5.91 Å². The van der Waals surface area contributed by atoms with Crippen LogP contribution in [0.2, 0.25) is 0 Å². The highest BCUT2D eigenvalue weighted by molar-refractivity contribution is 5.95. The summed E-state index contributed by atoms with van der Waals surface area (Å²) in [5, 5.41) is 4.08. The van der Waals surface area contributed by atoms with E-state index in [1.54, 1.807) is 6.20 Å². The second-order valence-electron chi connectivity index (χ2n) is 7.59. The molecule has 1 aromatic carbocycles. The van der Waals surface area contributed by atoms with Crippen molar-refractivity contribution >= 4 is 11.7 Å². The molecule has 4 rings (SSSR count). The summed E-state index contributed by atoms with van der Waals surface area (Å²) < 4.78 is 5.50. The van der Waals surface area contributed by atoms with Gasteiger partial charge in [0.2, 0.25) is 0 Å². The van der Waals surface area contributed by atoms with Crippen LogP contribution >= 0.6 is 0 Å². The van der Waals surface area contributed by atoms with Crippen LogP contribution in [-0.4, -0.2) is 52.1 Å². The highest BCUT2D eigenvalue weighted by atomic mass is 16.5. The zero-order valence-electron chi connectivity index (χ0n) is 17.5. The van der Waals surface area contributed by atoms with Gasteiger partial charge >= 0.3 is 0 Å². The number of hydrogen-bond acceptors (Lipinski definition) is 6. The van der Waals surface area contributed by atoms with Crippen LogP contribution in [0.5, 0.6) is 0 Å². The van der Waals surface area contributed by atoms with Gasteiger partial charge in [0.25, 0.3) is 11.8 Å². The molecule has 0 unspecified atom stereocenters. The number of hydrogen-bond donors (Lipinski definition) is 0. The van der Waals surface area contributed by atoms with Crippen molar-refractivity contribution in [2.24, 2.45) is 0 Å². The minimum absolute atomic E-state index is 0.0947. The topological polar surface area (TPSA) is 75.4 Å². The van der Waals surface area contributed by atoms with E-state index < -0.39 is 0 Å². The van der Waals surface area contributed by atoms with Crippen LogP contribution in [0.15, 0.2) is 47.1 Å². The zero-order chi connectivity index (χ0) is 20.9. The smallest absolute Gasteiger partial charge is 0.261 e. The second kappa shape index (κ2) is 9.07. The third kappa shape index (κ3) is 4.20. The lowest BCUT2D eigenvalue weighted by Crippen LogP contribution is -2.35. The van der Waals surface area contributed by atoms with Crippen molar-refractivity contribution in [1.29, 1.82) is 0 Å². The van der Waals surface area contributed by atoms with Crippen LogP contribution in [0.4, 0.5) is 5.82 Å². The van der Waals surface area contributed by atoms with E-state index in [0.717, 1.165) is 54.9 Å². The maximum absolute atomic E-state index is 13.0. The standard InChI is InChI=1S/C23H27N5O2/c1-3-8-20-25-22(30-26-20)19-11-6-12-24-21(19)27-13-7-14-28(16-15-27)23(29)18-10-5-4-9-17(18)2/h4-6,9-12H,3,7-8,13-16H2,1-2H3. The van der Waals surface area contributed by atoms with Crippen LogP contribution in [-0.2, 0) is 6.42 Å². The molecule has 0 aliphatic carbocycles. The molecule has 1 saturated heterocycles. The number of carbonyl (C=O) groups excluding carboxylic acids is 1. The van der Waals surface area contributed by atoms with Gasteiger partial charge in [0.1, 0.15) is 5.82 Å². The first kappa shape index (κ1) is 20.1. The van der Waals surface area contributed by atoms with Crippen LogP contribution in [0, 0.1) is 6.92 Å². The summed E-state index contributed by atoms with van der Waals surface area (Å²) in [6.45, 7) is 6.97. The second-order valence-corrected chi connectivity index (χ2v) is 7.59. The van der Waals surface area contributed by atoms with Gasteiger partial charge in [-0.3, -0.25) is 4.79 Å². The molecule has 3 aromatic rings. The van der Waals surface area contributed by atoms with Crippen molar-refractivity contribution in [2.75, 3.05) is 31.1 Å². The molecule has 0 N–H and O–H groups in total. The van der Waals surface area contributed by atoms with E-state index in [0.29, 0.717) is 24.8 Å². The average molecular weight is 406 g/mol. The van der Waals surface area contributed by atoms with Crippen molar-refractivity contribution < 1.29 is 9.32 Å². The van der Waals surface area contributed by atoms with E-state index in [2.05, 4.69) is 26.9 Å². The maximum Gasteiger partial charge on any atom is 0.261 e.